The van der Waals surface area contributed by atoms with Crippen molar-refractivity contribution in [2.75, 3.05) is 41.0 Å². The van der Waals surface area contributed by atoms with E-state index in [0.717, 1.165) is 24.2 Å². The van der Waals surface area contributed by atoms with Gasteiger partial charge in [0, 0.05) is 31.2 Å². The zero-order chi connectivity index (χ0) is 23.7. The number of carbonyl (C=O) groups is 1. The maximum Gasteiger partial charge on any atom is 0.272 e. The molecule has 5 rings (SSSR count). The number of benzene rings is 2. The Labute approximate surface area is 199 Å². The first-order valence-electron chi connectivity index (χ1n) is 11.6. The lowest BCUT2D eigenvalue weighted by Crippen LogP contribution is -2.51. The van der Waals surface area contributed by atoms with Crippen LogP contribution in [0, 0.1) is 0 Å². The highest BCUT2D eigenvalue weighted by molar-refractivity contribution is 5.94. The molecule has 178 valence electrons. The summed E-state index contributed by atoms with van der Waals surface area (Å²) in [4.78, 5) is 18.1. The Kier molecular flexibility index (Phi) is 6.15. The van der Waals surface area contributed by atoms with E-state index in [2.05, 4.69) is 27.2 Å². The van der Waals surface area contributed by atoms with E-state index in [-0.39, 0.29) is 11.9 Å². The van der Waals surface area contributed by atoms with Crippen molar-refractivity contribution in [2.24, 2.45) is 0 Å². The largest absolute Gasteiger partial charge is 0.493 e. The number of methoxy groups -OCH3 is 3. The van der Waals surface area contributed by atoms with Crippen LogP contribution >= 0.6 is 0 Å². The number of aromatic nitrogens is 2. The van der Waals surface area contributed by atoms with Crippen LogP contribution in [0.3, 0.4) is 0 Å². The summed E-state index contributed by atoms with van der Waals surface area (Å²) in [5, 5.41) is 7.38. The lowest BCUT2D eigenvalue weighted by Gasteiger charge is -2.41. The summed E-state index contributed by atoms with van der Waals surface area (Å²) in [6.45, 7) is 2.44. The minimum Gasteiger partial charge on any atom is -0.493 e. The van der Waals surface area contributed by atoms with Crippen molar-refractivity contribution in [3.63, 3.8) is 0 Å². The van der Waals surface area contributed by atoms with E-state index < -0.39 is 0 Å². The number of hydrogen-bond acceptors (Lipinski definition) is 6. The monoisotopic (exact) mass is 462 g/mol. The molecule has 0 radical (unpaired) electrons. The molecule has 2 aliphatic rings. The van der Waals surface area contributed by atoms with Crippen LogP contribution in [0.15, 0.2) is 48.5 Å². The molecule has 1 amide bonds. The van der Waals surface area contributed by atoms with Gasteiger partial charge in [0.05, 0.1) is 33.1 Å². The van der Waals surface area contributed by atoms with Crippen molar-refractivity contribution in [1.82, 2.24) is 20.0 Å². The van der Waals surface area contributed by atoms with Crippen molar-refractivity contribution in [1.29, 1.82) is 0 Å². The number of H-pyrrole nitrogens is 1. The molecule has 1 aliphatic heterocycles. The molecule has 1 atom stereocenters. The fourth-order valence-electron chi connectivity index (χ4n) is 4.74. The average Bonchev–Trinajstić information content (AvgIpc) is 3.63. The molecule has 2 fully saturated rings. The van der Waals surface area contributed by atoms with Crippen molar-refractivity contribution < 1.29 is 19.0 Å². The second-order valence-corrected chi connectivity index (χ2v) is 8.73. The lowest BCUT2D eigenvalue weighted by atomic mass is 10.0. The van der Waals surface area contributed by atoms with Gasteiger partial charge in [0.1, 0.15) is 5.69 Å². The number of piperazine rings is 1. The molecule has 1 aliphatic carbocycles. The summed E-state index contributed by atoms with van der Waals surface area (Å²) in [6.07, 6.45) is 2.52. The number of hydrogen-bond donors (Lipinski definition) is 1. The minimum absolute atomic E-state index is 0.0102. The third-order valence-corrected chi connectivity index (χ3v) is 6.69. The highest BCUT2D eigenvalue weighted by atomic mass is 16.5. The second kappa shape index (κ2) is 9.38. The van der Waals surface area contributed by atoms with E-state index in [9.17, 15) is 4.79 Å². The molecule has 3 aromatic rings. The molecule has 2 aromatic carbocycles. The number of nitrogens with one attached hydrogen (secondary N) is 1. The Morgan fingerprint density at radius 1 is 0.971 bits per heavy atom. The van der Waals surface area contributed by atoms with Crippen molar-refractivity contribution in [3.05, 3.63) is 59.8 Å². The average molecular weight is 463 g/mol. The normalized spacial score (nSPS) is 18.6. The highest BCUT2D eigenvalue weighted by Crippen LogP contribution is 2.41. The van der Waals surface area contributed by atoms with Gasteiger partial charge in [0.2, 0.25) is 5.75 Å². The fraction of sp³-hybridized carbons (Fsp3) is 0.385. The summed E-state index contributed by atoms with van der Waals surface area (Å²) < 4.78 is 16.3. The number of aromatic amines is 1. The molecule has 2 heterocycles. The molecule has 1 unspecified atom stereocenters. The van der Waals surface area contributed by atoms with Crippen molar-refractivity contribution in [2.45, 2.75) is 24.9 Å². The van der Waals surface area contributed by atoms with E-state index in [4.69, 9.17) is 14.2 Å². The third-order valence-electron chi connectivity index (χ3n) is 6.69. The third kappa shape index (κ3) is 4.21. The molecule has 1 saturated carbocycles. The van der Waals surface area contributed by atoms with Crippen molar-refractivity contribution in [3.8, 4) is 28.5 Å². The number of rotatable bonds is 7. The van der Waals surface area contributed by atoms with E-state index in [1.165, 1.54) is 12.8 Å². The first-order valence-corrected chi connectivity index (χ1v) is 11.6. The molecule has 1 saturated heterocycles. The van der Waals surface area contributed by atoms with Gasteiger partial charge in [-0.3, -0.25) is 14.8 Å². The Morgan fingerprint density at radius 2 is 1.68 bits per heavy atom. The smallest absolute Gasteiger partial charge is 0.272 e. The van der Waals surface area contributed by atoms with E-state index in [1.54, 1.807) is 27.4 Å². The second-order valence-electron chi connectivity index (χ2n) is 8.73. The first kappa shape index (κ1) is 22.3. The molecule has 1 N–H and O–H groups in total. The predicted octanol–water partition coefficient (Wildman–Crippen LogP) is 3.76. The molecule has 8 heteroatoms. The van der Waals surface area contributed by atoms with Gasteiger partial charge in [-0.2, -0.15) is 5.10 Å². The lowest BCUT2D eigenvalue weighted by molar-refractivity contribution is 0.0427. The first-order chi connectivity index (χ1) is 16.6. The standard InChI is InChI=1S/C26H30N4O4/c1-32-23-13-18(14-24(33-2)25(23)34-3)20-15-21(28-27-20)26(31)30-12-11-29(19-9-10-19)16-22(30)17-7-5-4-6-8-17/h4-8,13-15,19,22H,9-12,16H2,1-3H3,(H,27,28). The van der Waals surface area contributed by atoms with Gasteiger partial charge in [-0.1, -0.05) is 30.3 Å². The van der Waals surface area contributed by atoms with E-state index >= 15 is 0 Å². The predicted molar refractivity (Wildman–Crippen MR) is 128 cm³/mol. The highest BCUT2D eigenvalue weighted by Gasteiger charge is 2.38. The minimum atomic E-state index is -0.0458. The summed E-state index contributed by atoms with van der Waals surface area (Å²) in [5.74, 6) is 1.54. The molecular formula is C26H30N4O4. The van der Waals surface area contributed by atoms with Gasteiger partial charge < -0.3 is 19.1 Å². The number of carbonyl (C=O) groups excluding carboxylic acids is 1. The van der Waals surface area contributed by atoms with Gasteiger partial charge in [0.15, 0.2) is 11.5 Å². The van der Waals surface area contributed by atoms with Crippen LogP contribution in [-0.4, -0.2) is 72.9 Å². The van der Waals surface area contributed by atoms with Crippen LogP contribution in [0.2, 0.25) is 0 Å². The zero-order valence-corrected chi connectivity index (χ0v) is 19.8. The Hall–Kier alpha value is -3.52. The Bertz CT molecular complexity index is 1130. The van der Waals surface area contributed by atoms with Gasteiger partial charge in [0.25, 0.3) is 5.91 Å². The summed E-state index contributed by atoms with van der Waals surface area (Å²) in [6, 6.07) is 16.4. The van der Waals surface area contributed by atoms with Crippen LogP contribution in [0.1, 0.15) is 34.9 Å². The maximum absolute atomic E-state index is 13.6. The number of amides is 1. The van der Waals surface area contributed by atoms with Gasteiger partial charge in [-0.15, -0.1) is 0 Å². The summed E-state index contributed by atoms with van der Waals surface area (Å²) in [5.41, 5.74) is 3.02. The maximum atomic E-state index is 13.6. The quantitative estimate of drug-likeness (QED) is 0.576. The van der Waals surface area contributed by atoms with E-state index in [0.29, 0.717) is 41.2 Å². The fourth-order valence-corrected chi connectivity index (χ4v) is 4.74. The van der Waals surface area contributed by atoms with Gasteiger partial charge in [-0.25, -0.2) is 0 Å². The topological polar surface area (TPSA) is 79.9 Å². The SMILES string of the molecule is COc1cc(-c2cc(C(=O)N3CCN(C4CC4)CC3c3ccccc3)[nH]n2)cc(OC)c1OC. The number of ether oxygens (including phenoxy) is 3. The number of nitrogens with zero attached hydrogens (tertiary/aromatic N) is 3. The molecule has 1 aromatic heterocycles. The van der Waals surface area contributed by atoms with Crippen LogP contribution < -0.4 is 14.2 Å². The molecule has 0 bridgehead atoms. The van der Waals surface area contributed by atoms with Crippen molar-refractivity contribution >= 4 is 5.91 Å². The van der Waals surface area contributed by atoms with Crippen LogP contribution in [-0.2, 0) is 0 Å². The molecule has 8 nitrogen and oxygen atoms in total. The van der Waals surface area contributed by atoms with Crippen LogP contribution in [0.25, 0.3) is 11.3 Å². The molecule has 0 spiro atoms. The summed E-state index contributed by atoms with van der Waals surface area (Å²) >= 11 is 0. The van der Waals surface area contributed by atoms with Crippen LogP contribution in [0.4, 0.5) is 0 Å². The van der Waals surface area contributed by atoms with Crippen LogP contribution in [0.5, 0.6) is 17.2 Å². The Balaban J connectivity index is 1.43. The zero-order valence-electron chi connectivity index (χ0n) is 19.8. The molecule has 34 heavy (non-hydrogen) atoms. The van der Waals surface area contributed by atoms with E-state index in [1.807, 2.05) is 35.2 Å². The van der Waals surface area contributed by atoms with Gasteiger partial charge >= 0.3 is 0 Å². The molecular weight excluding hydrogens is 432 g/mol. The van der Waals surface area contributed by atoms with Gasteiger partial charge in [-0.05, 0) is 36.6 Å². The summed E-state index contributed by atoms with van der Waals surface area (Å²) in [7, 11) is 4.72. The Morgan fingerprint density at radius 3 is 2.29 bits per heavy atom.